The van der Waals surface area contributed by atoms with E-state index in [0.717, 1.165) is 22.3 Å². The molecule has 140 valence electrons. The Balaban J connectivity index is 2.77. The second kappa shape index (κ2) is 8.03. The summed E-state index contributed by atoms with van der Waals surface area (Å²) in [4.78, 5) is 5.51. The highest BCUT2D eigenvalue weighted by atomic mass is 32.2. The van der Waals surface area contributed by atoms with E-state index in [1.165, 1.54) is 0 Å². The molecule has 0 spiro atoms. The summed E-state index contributed by atoms with van der Waals surface area (Å²) in [5.74, 6) is 1.48. The van der Waals surface area contributed by atoms with Crippen molar-refractivity contribution in [3.8, 4) is 11.4 Å². The molecular formula is C19H22F3N3S. The molecule has 1 aromatic heterocycles. The van der Waals surface area contributed by atoms with Gasteiger partial charge in [-0.15, -0.1) is 11.8 Å². The predicted molar refractivity (Wildman–Crippen MR) is 102 cm³/mol. The summed E-state index contributed by atoms with van der Waals surface area (Å²) in [5.41, 5.74) is 5.10. The first-order chi connectivity index (χ1) is 12.2. The molecule has 0 atom stereocenters. The summed E-state index contributed by atoms with van der Waals surface area (Å²) in [5, 5.41) is 0.592. The Hall–Kier alpha value is -2.15. The van der Waals surface area contributed by atoms with Gasteiger partial charge >= 0.3 is 6.18 Å². The summed E-state index contributed by atoms with van der Waals surface area (Å²) >= 11 is 1.66. The Morgan fingerprint density at radius 2 is 2.00 bits per heavy atom. The summed E-state index contributed by atoms with van der Waals surface area (Å²) < 4.78 is 41.0. The number of alkyl halides is 3. The Kier molecular flexibility index (Phi) is 6.23. The fourth-order valence-corrected chi connectivity index (χ4v) is 3.45. The maximum absolute atomic E-state index is 13.1. The zero-order chi connectivity index (χ0) is 19.5. The van der Waals surface area contributed by atoms with Gasteiger partial charge in [0.1, 0.15) is 5.82 Å². The van der Waals surface area contributed by atoms with Gasteiger partial charge < -0.3 is 10.3 Å². The molecular weight excluding hydrogens is 359 g/mol. The minimum absolute atomic E-state index is 0.0111. The van der Waals surface area contributed by atoms with E-state index in [0.29, 0.717) is 17.4 Å². The lowest BCUT2D eigenvalue weighted by Gasteiger charge is -2.14. The molecule has 26 heavy (non-hydrogen) atoms. The highest BCUT2D eigenvalue weighted by molar-refractivity contribution is 7.99. The van der Waals surface area contributed by atoms with E-state index in [1.807, 2.05) is 49.6 Å². The normalized spacial score (nSPS) is 13.7. The van der Waals surface area contributed by atoms with Crippen molar-refractivity contribution in [2.75, 3.05) is 5.75 Å². The maximum Gasteiger partial charge on any atom is 0.417 e. The number of rotatable bonds is 5. The Labute approximate surface area is 155 Å². The van der Waals surface area contributed by atoms with E-state index in [1.54, 1.807) is 11.8 Å². The summed E-state index contributed by atoms with van der Waals surface area (Å²) in [7, 11) is 0. The van der Waals surface area contributed by atoms with Crippen LogP contribution in [0.25, 0.3) is 24.0 Å². The Morgan fingerprint density at radius 1 is 1.35 bits per heavy atom. The number of thioether (sulfide) groups is 1. The third-order valence-electron chi connectivity index (χ3n) is 3.78. The molecule has 3 nitrogen and oxygen atoms in total. The molecule has 0 aliphatic carbocycles. The summed E-state index contributed by atoms with van der Waals surface area (Å²) in [6, 6.07) is 7.72. The van der Waals surface area contributed by atoms with Crippen molar-refractivity contribution < 1.29 is 13.2 Å². The third-order valence-corrected chi connectivity index (χ3v) is 4.74. The smallest absolute Gasteiger partial charge is 0.404 e. The van der Waals surface area contributed by atoms with Gasteiger partial charge in [0.15, 0.2) is 0 Å². The highest BCUT2D eigenvalue weighted by Crippen LogP contribution is 2.30. The molecule has 0 fully saturated rings. The minimum atomic E-state index is -4.54. The third kappa shape index (κ3) is 4.15. The van der Waals surface area contributed by atoms with E-state index in [2.05, 4.69) is 11.6 Å². The molecule has 1 heterocycles. The average molecular weight is 381 g/mol. The number of allylic oxidation sites excluding steroid dienone is 1. The molecule has 0 aliphatic rings. The van der Waals surface area contributed by atoms with Crippen LogP contribution in [0.5, 0.6) is 0 Å². The standard InChI is InChI=1S/C19H22F3N3S/c1-5-26-17-9-7-6-8-15(17)18-24-16(13(4)25(18)12(2)3)10-14(11-23)19(20,21)22/h6-12H,4-5,23H2,1-3H3/b14-11?,16-10+. The lowest BCUT2D eigenvalue weighted by Crippen LogP contribution is -2.30. The fourth-order valence-electron chi connectivity index (χ4n) is 2.65. The van der Waals surface area contributed by atoms with Crippen LogP contribution in [0.1, 0.15) is 26.8 Å². The van der Waals surface area contributed by atoms with Crippen LogP contribution in [0.15, 0.2) is 40.9 Å². The first kappa shape index (κ1) is 20.2. The zero-order valence-corrected chi connectivity index (χ0v) is 15.8. The van der Waals surface area contributed by atoms with Crippen LogP contribution in [0.2, 0.25) is 0 Å². The lowest BCUT2D eigenvalue weighted by atomic mass is 10.2. The van der Waals surface area contributed by atoms with Crippen molar-refractivity contribution in [1.82, 2.24) is 9.55 Å². The number of nitrogens with two attached hydrogens (primary N) is 1. The van der Waals surface area contributed by atoms with Crippen molar-refractivity contribution >= 4 is 24.4 Å². The van der Waals surface area contributed by atoms with Gasteiger partial charge in [0, 0.05) is 22.7 Å². The van der Waals surface area contributed by atoms with Crippen LogP contribution >= 0.6 is 11.8 Å². The molecule has 0 unspecified atom stereocenters. The first-order valence-electron chi connectivity index (χ1n) is 8.20. The van der Waals surface area contributed by atoms with Crippen LogP contribution in [-0.2, 0) is 0 Å². The fraction of sp³-hybridized carbons (Fsp3) is 0.316. The van der Waals surface area contributed by atoms with Crippen molar-refractivity contribution in [2.24, 2.45) is 5.73 Å². The van der Waals surface area contributed by atoms with E-state index >= 15 is 0 Å². The van der Waals surface area contributed by atoms with E-state index in [9.17, 15) is 13.2 Å². The van der Waals surface area contributed by atoms with Gasteiger partial charge in [-0.1, -0.05) is 31.7 Å². The second-order valence-corrected chi connectivity index (χ2v) is 7.23. The minimum Gasteiger partial charge on any atom is -0.404 e. The van der Waals surface area contributed by atoms with Crippen molar-refractivity contribution in [3.63, 3.8) is 0 Å². The average Bonchev–Trinajstić information content (AvgIpc) is 2.89. The number of hydrogen-bond donors (Lipinski definition) is 1. The summed E-state index contributed by atoms with van der Waals surface area (Å²) in [6.45, 7) is 9.90. The SMILES string of the molecule is C=c1/c(=C\C(=CN)C(F)(F)F)nc(-c2ccccc2SCC)n1C(C)C. The molecule has 0 saturated heterocycles. The van der Waals surface area contributed by atoms with Crippen LogP contribution < -0.4 is 16.4 Å². The molecule has 0 aliphatic heterocycles. The molecule has 0 radical (unpaired) electrons. The monoisotopic (exact) mass is 381 g/mol. The topological polar surface area (TPSA) is 43.8 Å². The van der Waals surface area contributed by atoms with Crippen LogP contribution in [0, 0.1) is 0 Å². The van der Waals surface area contributed by atoms with Crippen molar-refractivity contribution in [1.29, 1.82) is 0 Å². The van der Waals surface area contributed by atoms with Gasteiger partial charge in [-0.05, 0) is 31.7 Å². The quantitative estimate of drug-likeness (QED) is 0.801. The van der Waals surface area contributed by atoms with E-state index in [-0.39, 0.29) is 11.4 Å². The van der Waals surface area contributed by atoms with Crippen LogP contribution in [0.4, 0.5) is 13.2 Å². The molecule has 0 amide bonds. The van der Waals surface area contributed by atoms with Gasteiger partial charge in [0.2, 0.25) is 0 Å². The molecule has 0 saturated carbocycles. The molecule has 2 N–H and O–H groups in total. The number of imidazole rings is 1. The van der Waals surface area contributed by atoms with Crippen LogP contribution in [0.3, 0.4) is 0 Å². The van der Waals surface area contributed by atoms with Gasteiger partial charge in [-0.25, -0.2) is 4.98 Å². The van der Waals surface area contributed by atoms with Gasteiger partial charge in [-0.3, -0.25) is 0 Å². The summed E-state index contributed by atoms with van der Waals surface area (Å²) in [6.07, 6.45) is -3.05. The largest absolute Gasteiger partial charge is 0.417 e. The van der Waals surface area contributed by atoms with Crippen molar-refractivity contribution in [3.05, 3.63) is 46.7 Å². The number of aromatic nitrogens is 2. The number of halogens is 3. The van der Waals surface area contributed by atoms with Gasteiger partial charge in [0.05, 0.1) is 16.3 Å². The van der Waals surface area contributed by atoms with Gasteiger partial charge in [0.25, 0.3) is 0 Å². The van der Waals surface area contributed by atoms with Crippen molar-refractivity contribution in [2.45, 2.75) is 37.9 Å². The number of nitrogens with zero attached hydrogens (tertiary/aromatic N) is 2. The Bertz CT molecular complexity index is 911. The number of hydrogen-bond acceptors (Lipinski definition) is 3. The lowest BCUT2D eigenvalue weighted by molar-refractivity contribution is -0.0867. The molecule has 1 aromatic carbocycles. The highest BCUT2D eigenvalue weighted by Gasteiger charge is 2.32. The van der Waals surface area contributed by atoms with Crippen LogP contribution in [-0.4, -0.2) is 21.5 Å². The van der Waals surface area contributed by atoms with Gasteiger partial charge in [-0.2, -0.15) is 13.2 Å². The predicted octanol–water partition coefficient (Wildman–Crippen LogP) is 3.84. The van der Waals surface area contributed by atoms with E-state index in [4.69, 9.17) is 5.73 Å². The zero-order valence-electron chi connectivity index (χ0n) is 15.0. The van der Waals surface area contributed by atoms with E-state index < -0.39 is 11.7 Å². The molecule has 7 heteroatoms. The molecule has 0 bridgehead atoms. The maximum atomic E-state index is 13.1. The molecule has 2 rings (SSSR count). The second-order valence-electron chi connectivity index (χ2n) is 5.92. The Morgan fingerprint density at radius 3 is 2.54 bits per heavy atom. The first-order valence-corrected chi connectivity index (χ1v) is 9.19. The number of benzene rings is 1. The molecule has 2 aromatic rings.